The predicted molar refractivity (Wildman–Crippen MR) is 71.3 cm³/mol. The number of ether oxygens (including phenoxy) is 3. The zero-order chi connectivity index (χ0) is 12.4. The Morgan fingerprint density at radius 3 is 2.24 bits per heavy atom. The molecule has 4 heteroatoms. The molecule has 2 rings (SSSR count). The van der Waals surface area contributed by atoms with Gasteiger partial charge >= 0.3 is 0 Å². The highest BCUT2D eigenvalue weighted by atomic mass is 79.9. The molecule has 90 valence electrons. The molecule has 2 aromatic rings. The van der Waals surface area contributed by atoms with Gasteiger partial charge in [-0.3, -0.25) is 0 Å². The van der Waals surface area contributed by atoms with Gasteiger partial charge in [0.05, 0.1) is 31.2 Å². The average molecular weight is 297 g/mol. The van der Waals surface area contributed by atoms with E-state index in [0.29, 0.717) is 0 Å². The molecule has 0 saturated carbocycles. The molecular weight excluding hydrogens is 284 g/mol. The molecule has 0 aliphatic carbocycles. The summed E-state index contributed by atoms with van der Waals surface area (Å²) < 4.78 is 17.0. The topological polar surface area (TPSA) is 27.7 Å². The van der Waals surface area contributed by atoms with Crippen LogP contribution in [0.4, 0.5) is 0 Å². The van der Waals surface area contributed by atoms with Crippen LogP contribution in [0.15, 0.2) is 28.7 Å². The van der Waals surface area contributed by atoms with E-state index in [0.717, 1.165) is 32.5 Å². The van der Waals surface area contributed by atoms with Crippen LogP contribution in [0.2, 0.25) is 0 Å². The summed E-state index contributed by atoms with van der Waals surface area (Å²) in [6.45, 7) is 0. The minimum Gasteiger partial charge on any atom is -0.496 e. The number of hydrogen-bond acceptors (Lipinski definition) is 3. The van der Waals surface area contributed by atoms with Crippen LogP contribution in [0.1, 0.15) is 0 Å². The van der Waals surface area contributed by atoms with Gasteiger partial charge in [-0.2, -0.15) is 0 Å². The van der Waals surface area contributed by atoms with Gasteiger partial charge in [-0.25, -0.2) is 0 Å². The van der Waals surface area contributed by atoms with Crippen molar-refractivity contribution in [2.45, 2.75) is 0 Å². The van der Waals surface area contributed by atoms with Gasteiger partial charge in [0.15, 0.2) is 0 Å². The third-order valence-electron chi connectivity index (χ3n) is 2.64. The SMILES string of the molecule is COc1cc(Br)c(OC)c2c(OC)cccc12. The summed E-state index contributed by atoms with van der Waals surface area (Å²) in [4.78, 5) is 0. The maximum atomic E-state index is 5.42. The van der Waals surface area contributed by atoms with Gasteiger partial charge in [0.2, 0.25) is 0 Å². The number of hydrogen-bond donors (Lipinski definition) is 0. The van der Waals surface area contributed by atoms with E-state index in [2.05, 4.69) is 15.9 Å². The summed E-state index contributed by atoms with van der Waals surface area (Å²) >= 11 is 3.47. The number of rotatable bonds is 3. The van der Waals surface area contributed by atoms with E-state index in [9.17, 15) is 0 Å². The van der Waals surface area contributed by atoms with E-state index in [-0.39, 0.29) is 0 Å². The van der Waals surface area contributed by atoms with Crippen molar-refractivity contribution in [1.29, 1.82) is 0 Å². The number of benzene rings is 2. The van der Waals surface area contributed by atoms with Crippen molar-refractivity contribution < 1.29 is 14.2 Å². The third kappa shape index (κ3) is 1.93. The summed E-state index contributed by atoms with van der Waals surface area (Å²) in [5.74, 6) is 2.30. The molecule has 0 unspecified atom stereocenters. The van der Waals surface area contributed by atoms with Gasteiger partial charge in [0.1, 0.15) is 17.2 Å². The monoisotopic (exact) mass is 296 g/mol. The molecule has 0 aliphatic heterocycles. The van der Waals surface area contributed by atoms with Gasteiger partial charge in [0, 0.05) is 5.39 Å². The highest BCUT2D eigenvalue weighted by molar-refractivity contribution is 9.10. The van der Waals surface area contributed by atoms with Crippen molar-refractivity contribution in [1.82, 2.24) is 0 Å². The number of halogens is 1. The predicted octanol–water partition coefficient (Wildman–Crippen LogP) is 3.63. The van der Waals surface area contributed by atoms with Crippen LogP contribution in [-0.2, 0) is 0 Å². The molecule has 0 heterocycles. The van der Waals surface area contributed by atoms with E-state index >= 15 is 0 Å². The van der Waals surface area contributed by atoms with Crippen molar-refractivity contribution in [2.24, 2.45) is 0 Å². The second-order valence-corrected chi connectivity index (χ2v) is 4.33. The lowest BCUT2D eigenvalue weighted by atomic mass is 10.1. The Bertz CT molecular complexity index is 552. The van der Waals surface area contributed by atoms with Crippen LogP contribution in [0.5, 0.6) is 17.2 Å². The molecule has 0 atom stereocenters. The summed E-state index contributed by atoms with van der Waals surface area (Å²) in [7, 11) is 4.92. The first-order valence-corrected chi connectivity index (χ1v) is 5.89. The van der Waals surface area contributed by atoms with Crippen molar-refractivity contribution in [3.63, 3.8) is 0 Å². The summed E-state index contributed by atoms with van der Waals surface area (Å²) in [5, 5.41) is 1.87. The van der Waals surface area contributed by atoms with E-state index in [1.807, 2.05) is 24.3 Å². The molecule has 3 nitrogen and oxygen atoms in total. The second kappa shape index (κ2) is 4.84. The maximum Gasteiger partial charge on any atom is 0.144 e. The zero-order valence-electron chi connectivity index (χ0n) is 9.91. The summed E-state index contributed by atoms with van der Waals surface area (Å²) in [5.41, 5.74) is 0. The Balaban J connectivity index is 2.92. The van der Waals surface area contributed by atoms with E-state index in [1.54, 1.807) is 21.3 Å². The van der Waals surface area contributed by atoms with Gasteiger partial charge in [0.25, 0.3) is 0 Å². The first kappa shape index (κ1) is 12.0. The first-order chi connectivity index (χ1) is 8.22. The number of fused-ring (bicyclic) bond motifs is 1. The van der Waals surface area contributed by atoms with Gasteiger partial charge in [-0.05, 0) is 28.1 Å². The van der Waals surface area contributed by atoms with Crippen molar-refractivity contribution in [2.75, 3.05) is 21.3 Å². The van der Waals surface area contributed by atoms with Crippen LogP contribution in [-0.4, -0.2) is 21.3 Å². The van der Waals surface area contributed by atoms with E-state index in [4.69, 9.17) is 14.2 Å². The lowest BCUT2D eigenvalue weighted by molar-refractivity contribution is 0.398. The summed E-state index contributed by atoms with van der Waals surface area (Å²) in [6, 6.07) is 7.69. The Morgan fingerprint density at radius 1 is 0.941 bits per heavy atom. The molecule has 0 spiro atoms. The molecule has 0 saturated heterocycles. The summed E-state index contributed by atoms with van der Waals surface area (Å²) in [6.07, 6.45) is 0. The van der Waals surface area contributed by atoms with Crippen LogP contribution < -0.4 is 14.2 Å². The first-order valence-electron chi connectivity index (χ1n) is 5.10. The van der Waals surface area contributed by atoms with E-state index in [1.165, 1.54) is 0 Å². The third-order valence-corrected chi connectivity index (χ3v) is 3.23. The molecule has 0 amide bonds. The second-order valence-electron chi connectivity index (χ2n) is 3.48. The normalized spacial score (nSPS) is 10.4. The quantitative estimate of drug-likeness (QED) is 0.866. The molecule has 0 radical (unpaired) electrons. The Labute approximate surface area is 108 Å². The smallest absolute Gasteiger partial charge is 0.144 e. The lowest BCUT2D eigenvalue weighted by Crippen LogP contribution is -1.93. The molecule has 0 aliphatic rings. The minimum absolute atomic E-state index is 0.748. The van der Waals surface area contributed by atoms with Gasteiger partial charge < -0.3 is 14.2 Å². The molecule has 0 aromatic heterocycles. The fraction of sp³-hybridized carbons (Fsp3) is 0.231. The van der Waals surface area contributed by atoms with Crippen LogP contribution >= 0.6 is 15.9 Å². The maximum absolute atomic E-state index is 5.42. The Hall–Kier alpha value is -1.42. The molecule has 0 bridgehead atoms. The Morgan fingerprint density at radius 2 is 1.65 bits per heavy atom. The standard InChI is InChI=1S/C13H13BrO3/c1-15-10-6-4-5-8-11(16-2)7-9(14)13(17-3)12(8)10/h4-7H,1-3H3. The lowest BCUT2D eigenvalue weighted by Gasteiger charge is -2.14. The van der Waals surface area contributed by atoms with Crippen molar-refractivity contribution in [3.05, 3.63) is 28.7 Å². The van der Waals surface area contributed by atoms with Crippen molar-refractivity contribution >= 4 is 26.7 Å². The molecule has 0 fully saturated rings. The molecule has 2 aromatic carbocycles. The Kier molecular flexibility index (Phi) is 3.43. The van der Waals surface area contributed by atoms with Gasteiger partial charge in [-0.1, -0.05) is 12.1 Å². The van der Waals surface area contributed by atoms with Gasteiger partial charge in [-0.15, -0.1) is 0 Å². The molecule has 17 heavy (non-hydrogen) atoms. The van der Waals surface area contributed by atoms with Crippen LogP contribution in [0, 0.1) is 0 Å². The minimum atomic E-state index is 0.748. The van der Waals surface area contributed by atoms with E-state index < -0.39 is 0 Å². The van der Waals surface area contributed by atoms with Crippen LogP contribution in [0.25, 0.3) is 10.8 Å². The van der Waals surface area contributed by atoms with Crippen LogP contribution in [0.3, 0.4) is 0 Å². The fourth-order valence-corrected chi connectivity index (χ4v) is 2.46. The average Bonchev–Trinajstić information content (AvgIpc) is 2.37. The molecular formula is C13H13BrO3. The van der Waals surface area contributed by atoms with Crippen molar-refractivity contribution in [3.8, 4) is 17.2 Å². The largest absolute Gasteiger partial charge is 0.496 e. The zero-order valence-corrected chi connectivity index (χ0v) is 11.5. The highest BCUT2D eigenvalue weighted by Crippen LogP contribution is 2.43. The fourth-order valence-electron chi connectivity index (χ4n) is 1.89. The molecule has 0 N–H and O–H groups in total. The highest BCUT2D eigenvalue weighted by Gasteiger charge is 2.15. The number of methoxy groups -OCH3 is 3.